The summed E-state index contributed by atoms with van der Waals surface area (Å²) in [4.78, 5) is 29.7. The predicted molar refractivity (Wildman–Crippen MR) is 116 cm³/mol. The molecule has 2 heterocycles. The predicted octanol–water partition coefficient (Wildman–Crippen LogP) is 5.39. The van der Waals surface area contributed by atoms with E-state index in [1.54, 1.807) is 4.90 Å². The summed E-state index contributed by atoms with van der Waals surface area (Å²) in [6.07, 6.45) is 0. The molecule has 4 rings (SSSR count). The molecule has 0 fully saturated rings. The number of anilines is 1. The van der Waals surface area contributed by atoms with Crippen molar-refractivity contribution >= 4 is 28.9 Å². The van der Waals surface area contributed by atoms with E-state index in [4.69, 9.17) is 4.74 Å². The molecule has 148 valence electrons. The molecule has 0 N–H and O–H groups in total. The Kier molecular flexibility index (Phi) is 5.01. The summed E-state index contributed by atoms with van der Waals surface area (Å²) in [6.45, 7) is 5.88. The van der Waals surface area contributed by atoms with Gasteiger partial charge in [0.05, 0.1) is 17.1 Å². The number of fused-ring (bicyclic) bond motifs is 1. The first kappa shape index (κ1) is 19.4. The summed E-state index contributed by atoms with van der Waals surface area (Å²) in [7, 11) is 0. The summed E-state index contributed by atoms with van der Waals surface area (Å²) < 4.78 is 5.58. The second kappa shape index (κ2) is 7.48. The number of carbonyl (C=O) groups excluding carboxylic acids is 2. The first-order valence-corrected chi connectivity index (χ1v) is 10.4. The number of amides is 1. The Balaban J connectivity index is 1.74. The number of nitrogens with zero attached hydrogens (tertiary/aromatic N) is 1. The lowest BCUT2D eigenvalue weighted by atomic mass is 10.1. The van der Waals surface area contributed by atoms with Gasteiger partial charge in [-0.2, -0.15) is 0 Å². The van der Waals surface area contributed by atoms with E-state index in [2.05, 4.69) is 0 Å². The summed E-state index contributed by atoms with van der Waals surface area (Å²) >= 11 is 1.49. The van der Waals surface area contributed by atoms with Crippen molar-refractivity contribution < 1.29 is 14.3 Å². The minimum atomic E-state index is -0.907. The van der Waals surface area contributed by atoms with Crippen molar-refractivity contribution in [3.05, 3.63) is 77.2 Å². The SMILES string of the molecule is CC(C)(C)OC(=O)C1C(=O)N(Cc2ccccc2)c2cc(-c3ccccc3)sc21. The second-order valence-electron chi connectivity index (χ2n) is 8.10. The Morgan fingerprint density at radius 2 is 1.66 bits per heavy atom. The average Bonchev–Trinajstić information content (AvgIpc) is 3.20. The molecule has 1 amide bonds. The highest BCUT2D eigenvalue weighted by Crippen LogP contribution is 2.47. The zero-order chi connectivity index (χ0) is 20.6. The van der Waals surface area contributed by atoms with Gasteiger partial charge < -0.3 is 9.64 Å². The summed E-state index contributed by atoms with van der Waals surface area (Å²) in [5, 5.41) is 0. The van der Waals surface area contributed by atoms with Crippen LogP contribution in [0, 0.1) is 0 Å². The van der Waals surface area contributed by atoms with E-state index < -0.39 is 17.5 Å². The van der Waals surface area contributed by atoms with E-state index in [1.807, 2.05) is 87.5 Å². The van der Waals surface area contributed by atoms with E-state index >= 15 is 0 Å². The molecular weight excluding hydrogens is 382 g/mol. The average molecular weight is 406 g/mol. The fourth-order valence-corrected chi connectivity index (χ4v) is 4.69. The van der Waals surface area contributed by atoms with E-state index in [0.717, 1.165) is 26.6 Å². The molecule has 1 atom stereocenters. The molecule has 29 heavy (non-hydrogen) atoms. The van der Waals surface area contributed by atoms with Crippen LogP contribution in [-0.4, -0.2) is 17.5 Å². The molecule has 0 bridgehead atoms. The van der Waals surface area contributed by atoms with Crippen molar-refractivity contribution in [2.24, 2.45) is 0 Å². The third-order valence-electron chi connectivity index (χ3n) is 4.69. The minimum absolute atomic E-state index is 0.219. The van der Waals surface area contributed by atoms with Crippen molar-refractivity contribution in [3.63, 3.8) is 0 Å². The molecule has 0 radical (unpaired) electrons. The van der Waals surface area contributed by atoms with Gasteiger partial charge in [0.15, 0.2) is 5.92 Å². The van der Waals surface area contributed by atoms with E-state index in [1.165, 1.54) is 11.3 Å². The number of esters is 1. The van der Waals surface area contributed by atoms with Gasteiger partial charge in [-0.25, -0.2) is 0 Å². The molecule has 1 aliphatic heterocycles. The van der Waals surface area contributed by atoms with Gasteiger partial charge in [0.25, 0.3) is 0 Å². The fourth-order valence-electron chi connectivity index (χ4n) is 3.44. The highest BCUT2D eigenvalue weighted by Gasteiger charge is 2.45. The van der Waals surface area contributed by atoms with Crippen molar-refractivity contribution in [2.75, 3.05) is 4.90 Å². The zero-order valence-corrected chi connectivity index (χ0v) is 17.5. The normalized spacial score (nSPS) is 16.0. The van der Waals surface area contributed by atoms with Crippen molar-refractivity contribution in [2.45, 2.75) is 38.8 Å². The Labute approximate surface area is 174 Å². The summed E-state index contributed by atoms with van der Waals surface area (Å²) in [6, 6.07) is 21.8. The van der Waals surface area contributed by atoms with Gasteiger partial charge in [-0.3, -0.25) is 9.59 Å². The number of ether oxygens (including phenoxy) is 1. The maximum absolute atomic E-state index is 13.2. The van der Waals surface area contributed by atoms with Gasteiger partial charge in [-0.05, 0) is 38.0 Å². The molecule has 2 aromatic carbocycles. The molecule has 3 aromatic rings. The Hall–Kier alpha value is -2.92. The van der Waals surface area contributed by atoms with Crippen LogP contribution in [0.3, 0.4) is 0 Å². The van der Waals surface area contributed by atoms with Crippen LogP contribution in [0.25, 0.3) is 10.4 Å². The molecule has 5 heteroatoms. The van der Waals surface area contributed by atoms with Crippen LogP contribution in [0.2, 0.25) is 0 Å². The maximum Gasteiger partial charge on any atom is 0.324 e. The van der Waals surface area contributed by atoms with E-state index in [-0.39, 0.29) is 5.91 Å². The van der Waals surface area contributed by atoms with Crippen LogP contribution in [-0.2, 0) is 20.9 Å². The van der Waals surface area contributed by atoms with E-state index in [0.29, 0.717) is 6.54 Å². The third-order valence-corrected chi connectivity index (χ3v) is 5.93. The van der Waals surface area contributed by atoms with Crippen LogP contribution in [0.5, 0.6) is 0 Å². The lowest BCUT2D eigenvalue weighted by Crippen LogP contribution is -2.35. The van der Waals surface area contributed by atoms with Crippen LogP contribution in [0.4, 0.5) is 5.69 Å². The standard InChI is InChI=1S/C24H23NO3S/c1-24(2,3)28-23(27)20-21-18(14-19(29-21)17-12-8-5-9-13-17)25(22(20)26)15-16-10-6-4-7-11-16/h4-14,20H,15H2,1-3H3. The molecule has 1 aliphatic rings. The molecule has 4 nitrogen and oxygen atoms in total. The van der Waals surface area contributed by atoms with Crippen LogP contribution in [0.1, 0.15) is 37.1 Å². The van der Waals surface area contributed by atoms with Gasteiger partial charge >= 0.3 is 5.97 Å². The Bertz CT molecular complexity index is 1030. The number of hydrogen-bond acceptors (Lipinski definition) is 4. The quantitative estimate of drug-likeness (QED) is 0.432. The molecule has 0 spiro atoms. The summed E-state index contributed by atoms with van der Waals surface area (Å²) in [5.41, 5.74) is 2.24. The number of rotatable bonds is 4. The maximum atomic E-state index is 13.2. The highest BCUT2D eigenvalue weighted by atomic mass is 32.1. The molecule has 1 unspecified atom stereocenters. The Morgan fingerprint density at radius 3 is 2.28 bits per heavy atom. The number of hydrogen-bond donors (Lipinski definition) is 0. The van der Waals surface area contributed by atoms with Gasteiger partial charge in [0, 0.05) is 4.88 Å². The number of carbonyl (C=O) groups is 2. The lowest BCUT2D eigenvalue weighted by Gasteiger charge is -2.22. The van der Waals surface area contributed by atoms with Gasteiger partial charge in [0.1, 0.15) is 5.60 Å². The fraction of sp³-hybridized carbons (Fsp3) is 0.250. The van der Waals surface area contributed by atoms with Gasteiger partial charge in [0.2, 0.25) is 5.91 Å². The molecule has 0 saturated carbocycles. The van der Waals surface area contributed by atoms with Crippen LogP contribution < -0.4 is 4.90 Å². The molecular formula is C24H23NO3S. The van der Waals surface area contributed by atoms with Gasteiger partial charge in [-0.15, -0.1) is 11.3 Å². The first-order chi connectivity index (χ1) is 13.8. The third kappa shape index (κ3) is 3.96. The monoisotopic (exact) mass is 405 g/mol. The lowest BCUT2D eigenvalue weighted by molar-refractivity contribution is -0.158. The van der Waals surface area contributed by atoms with Crippen molar-refractivity contribution in [1.29, 1.82) is 0 Å². The van der Waals surface area contributed by atoms with Crippen molar-refractivity contribution in [1.82, 2.24) is 0 Å². The van der Waals surface area contributed by atoms with Crippen LogP contribution in [0.15, 0.2) is 66.7 Å². The molecule has 0 saturated heterocycles. The topological polar surface area (TPSA) is 46.6 Å². The van der Waals surface area contributed by atoms with Crippen molar-refractivity contribution in [3.8, 4) is 10.4 Å². The first-order valence-electron chi connectivity index (χ1n) is 9.61. The Morgan fingerprint density at radius 1 is 1.03 bits per heavy atom. The second-order valence-corrected chi connectivity index (χ2v) is 9.19. The number of benzene rings is 2. The number of thiophene rings is 1. The largest absolute Gasteiger partial charge is 0.459 e. The van der Waals surface area contributed by atoms with E-state index in [9.17, 15) is 9.59 Å². The highest BCUT2D eigenvalue weighted by molar-refractivity contribution is 7.16. The minimum Gasteiger partial charge on any atom is -0.459 e. The molecule has 0 aliphatic carbocycles. The van der Waals surface area contributed by atoms with Crippen LogP contribution >= 0.6 is 11.3 Å². The molecule has 1 aromatic heterocycles. The smallest absolute Gasteiger partial charge is 0.324 e. The summed E-state index contributed by atoms with van der Waals surface area (Å²) in [5.74, 6) is -1.61. The zero-order valence-electron chi connectivity index (χ0n) is 16.7. The van der Waals surface area contributed by atoms with Gasteiger partial charge in [-0.1, -0.05) is 60.7 Å².